The number of thioether (sulfide) groups is 1. The molecule has 2 heterocycles. The van der Waals surface area contributed by atoms with Gasteiger partial charge in [-0.05, 0) is 44.2 Å². The average molecular weight is 584 g/mol. The lowest BCUT2D eigenvalue weighted by molar-refractivity contribution is -0.115. The summed E-state index contributed by atoms with van der Waals surface area (Å²) in [7, 11) is -3.90. The molecule has 0 spiro atoms. The van der Waals surface area contributed by atoms with Crippen molar-refractivity contribution in [2.45, 2.75) is 29.1 Å². The first-order valence-electron chi connectivity index (χ1n) is 12.5. The van der Waals surface area contributed by atoms with Gasteiger partial charge >= 0.3 is 0 Å². The van der Waals surface area contributed by atoms with E-state index < -0.39 is 15.3 Å². The molecule has 2 aromatic heterocycles. The first-order chi connectivity index (χ1) is 19.8. The van der Waals surface area contributed by atoms with Crippen LogP contribution < -0.4 is 10.0 Å². The third-order valence-electron chi connectivity index (χ3n) is 5.87. The number of aromatic nitrogens is 5. The molecule has 0 aliphatic rings. The van der Waals surface area contributed by atoms with Crippen molar-refractivity contribution < 1.29 is 13.2 Å². The Balaban J connectivity index is 1.28. The van der Waals surface area contributed by atoms with Gasteiger partial charge in [0.05, 0.1) is 10.1 Å². The molecule has 12 heteroatoms. The molecule has 0 aliphatic carbocycles. The normalized spacial score (nSPS) is 12.0. The van der Waals surface area contributed by atoms with Gasteiger partial charge < -0.3 is 5.32 Å². The zero-order chi connectivity index (χ0) is 28.8. The number of hydrogen-bond acceptors (Lipinski definition) is 9. The van der Waals surface area contributed by atoms with E-state index in [4.69, 9.17) is 4.98 Å². The Bertz CT molecular complexity index is 1770. The van der Waals surface area contributed by atoms with Crippen molar-refractivity contribution in [1.82, 2.24) is 25.1 Å². The molecule has 5 aromatic rings. The second kappa shape index (κ2) is 12.2. The first kappa shape index (κ1) is 27.9. The molecule has 1 unspecified atom stereocenters. The van der Waals surface area contributed by atoms with Gasteiger partial charge in [0.1, 0.15) is 11.4 Å². The molecule has 3 aromatic carbocycles. The largest absolute Gasteiger partial charge is 0.325 e. The van der Waals surface area contributed by atoms with Crippen molar-refractivity contribution in [3.63, 3.8) is 0 Å². The molecular formula is C29H25N7O3S2. The summed E-state index contributed by atoms with van der Waals surface area (Å²) >= 11 is 1.18. The molecular weight excluding hydrogens is 558 g/mol. The van der Waals surface area contributed by atoms with Crippen molar-refractivity contribution in [2.75, 3.05) is 10.0 Å². The van der Waals surface area contributed by atoms with Gasteiger partial charge in [-0.25, -0.2) is 28.1 Å². The van der Waals surface area contributed by atoms with Crippen LogP contribution >= 0.6 is 11.8 Å². The van der Waals surface area contributed by atoms with Crippen LogP contribution in [0.5, 0.6) is 0 Å². The average Bonchev–Trinajstić information content (AvgIpc) is 2.98. The third kappa shape index (κ3) is 6.91. The summed E-state index contributed by atoms with van der Waals surface area (Å²) in [6.45, 7) is 3.47. The minimum absolute atomic E-state index is 0.00875. The maximum atomic E-state index is 13.0. The van der Waals surface area contributed by atoms with Gasteiger partial charge in [-0.3, -0.25) is 4.79 Å². The van der Waals surface area contributed by atoms with Crippen LogP contribution in [0.2, 0.25) is 0 Å². The van der Waals surface area contributed by atoms with E-state index in [2.05, 4.69) is 30.2 Å². The number of nitrogens with zero attached hydrogens (tertiary/aromatic N) is 5. The Morgan fingerprint density at radius 3 is 2.07 bits per heavy atom. The summed E-state index contributed by atoms with van der Waals surface area (Å²) in [5.74, 6) is -0.314. The van der Waals surface area contributed by atoms with Crippen LogP contribution in [-0.4, -0.2) is 44.7 Å². The number of nitrogens with one attached hydrogen (secondary N) is 2. The number of rotatable bonds is 9. The summed E-state index contributed by atoms with van der Waals surface area (Å²) in [5, 5.41) is 11.3. The third-order valence-corrected chi connectivity index (χ3v) is 8.16. The fourth-order valence-corrected chi connectivity index (χ4v) is 5.46. The number of carbonyl (C=O) groups is 1. The number of aryl methyl sites for hydroxylation is 1. The lowest BCUT2D eigenvalue weighted by atomic mass is 10.0. The standard InChI is InChI=1S/C29H25N7O3S2/c1-19-17-18-30-28(31-19)36-41(38,39)24-15-13-23(14-16-24)32-27(37)20(2)40-29-33-25(21-9-5-3-6-10-21)26(34-35-29)22-11-7-4-8-12-22/h3-18,20H,1-2H3,(H,32,37)(H,30,31,36). The highest BCUT2D eigenvalue weighted by atomic mass is 32.2. The minimum atomic E-state index is -3.90. The molecule has 0 bridgehead atoms. The van der Waals surface area contributed by atoms with E-state index in [9.17, 15) is 13.2 Å². The van der Waals surface area contributed by atoms with E-state index in [0.29, 0.717) is 27.9 Å². The first-order valence-corrected chi connectivity index (χ1v) is 14.9. The van der Waals surface area contributed by atoms with Crippen LogP contribution in [0.3, 0.4) is 0 Å². The van der Waals surface area contributed by atoms with Gasteiger partial charge in [-0.1, -0.05) is 72.4 Å². The van der Waals surface area contributed by atoms with Gasteiger partial charge in [0.2, 0.25) is 17.0 Å². The molecule has 0 saturated heterocycles. The molecule has 2 N–H and O–H groups in total. The Morgan fingerprint density at radius 2 is 1.44 bits per heavy atom. The molecule has 0 radical (unpaired) electrons. The van der Waals surface area contributed by atoms with Crippen LogP contribution in [0.1, 0.15) is 12.6 Å². The smallest absolute Gasteiger partial charge is 0.264 e. The van der Waals surface area contributed by atoms with Crippen molar-refractivity contribution in [3.05, 3.63) is 103 Å². The summed E-state index contributed by atoms with van der Waals surface area (Å²) < 4.78 is 27.8. The second-order valence-corrected chi connectivity index (χ2v) is 11.9. The summed E-state index contributed by atoms with van der Waals surface area (Å²) in [6.07, 6.45) is 1.47. The quantitative estimate of drug-likeness (QED) is 0.223. The van der Waals surface area contributed by atoms with Crippen molar-refractivity contribution >= 4 is 39.3 Å². The summed E-state index contributed by atoms with van der Waals surface area (Å²) in [6, 6.07) is 26.9. The van der Waals surface area contributed by atoms with Gasteiger partial charge in [0, 0.05) is 28.7 Å². The SMILES string of the molecule is Cc1ccnc(NS(=O)(=O)c2ccc(NC(=O)C(C)Sc3nnc(-c4ccccc4)c(-c4ccccc4)n3)cc2)n1. The fraction of sp³-hybridized carbons (Fsp3) is 0.103. The topological polar surface area (TPSA) is 140 Å². The Morgan fingerprint density at radius 1 is 0.805 bits per heavy atom. The highest BCUT2D eigenvalue weighted by Crippen LogP contribution is 2.31. The molecule has 0 saturated carbocycles. The molecule has 1 atom stereocenters. The molecule has 10 nitrogen and oxygen atoms in total. The number of amides is 1. The van der Waals surface area contributed by atoms with Gasteiger partial charge in [0.15, 0.2) is 0 Å². The highest BCUT2D eigenvalue weighted by molar-refractivity contribution is 8.00. The van der Waals surface area contributed by atoms with Crippen molar-refractivity contribution in [3.8, 4) is 22.5 Å². The van der Waals surface area contributed by atoms with Gasteiger partial charge in [0.25, 0.3) is 10.0 Å². The zero-order valence-corrected chi connectivity index (χ0v) is 23.7. The van der Waals surface area contributed by atoms with Crippen LogP contribution in [0.15, 0.2) is 107 Å². The minimum Gasteiger partial charge on any atom is -0.325 e. The zero-order valence-electron chi connectivity index (χ0n) is 22.1. The summed E-state index contributed by atoms with van der Waals surface area (Å²) in [5.41, 5.74) is 4.17. The number of benzene rings is 3. The second-order valence-electron chi connectivity index (χ2n) is 8.92. The maximum Gasteiger partial charge on any atom is 0.264 e. The number of sulfonamides is 1. The molecule has 5 rings (SSSR count). The van der Waals surface area contributed by atoms with E-state index >= 15 is 0 Å². The maximum absolute atomic E-state index is 13.0. The lowest BCUT2D eigenvalue weighted by Crippen LogP contribution is -2.23. The van der Waals surface area contributed by atoms with Crippen LogP contribution in [0, 0.1) is 6.92 Å². The number of carbonyl (C=O) groups excluding carboxylic acids is 1. The van der Waals surface area contributed by atoms with E-state index in [0.717, 1.165) is 11.1 Å². The Labute approximate surface area is 241 Å². The van der Waals surface area contributed by atoms with Gasteiger partial charge in [-0.2, -0.15) is 0 Å². The molecule has 1 amide bonds. The molecule has 0 fully saturated rings. The van der Waals surface area contributed by atoms with E-state index in [-0.39, 0.29) is 16.8 Å². The monoisotopic (exact) mass is 583 g/mol. The van der Waals surface area contributed by atoms with Crippen LogP contribution in [-0.2, 0) is 14.8 Å². The lowest BCUT2D eigenvalue weighted by Gasteiger charge is -2.13. The summed E-state index contributed by atoms with van der Waals surface area (Å²) in [4.78, 5) is 25.7. The molecule has 206 valence electrons. The van der Waals surface area contributed by atoms with Crippen molar-refractivity contribution in [2.24, 2.45) is 0 Å². The molecule has 41 heavy (non-hydrogen) atoms. The predicted molar refractivity (Wildman–Crippen MR) is 159 cm³/mol. The van der Waals surface area contributed by atoms with E-state index in [1.54, 1.807) is 19.9 Å². The van der Waals surface area contributed by atoms with E-state index in [1.165, 1.54) is 42.2 Å². The van der Waals surface area contributed by atoms with E-state index in [1.807, 2.05) is 60.7 Å². The van der Waals surface area contributed by atoms with Crippen LogP contribution in [0.4, 0.5) is 11.6 Å². The fourth-order valence-electron chi connectivity index (χ4n) is 3.80. The number of hydrogen-bond donors (Lipinski definition) is 2. The Kier molecular flexibility index (Phi) is 8.31. The van der Waals surface area contributed by atoms with Crippen LogP contribution in [0.25, 0.3) is 22.5 Å². The molecule has 0 aliphatic heterocycles. The van der Waals surface area contributed by atoms with Crippen molar-refractivity contribution in [1.29, 1.82) is 0 Å². The predicted octanol–water partition coefficient (Wildman–Crippen LogP) is 5.22. The Hall–Kier alpha value is -4.68. The number of anilines is 2. The highest BCUT2D eigenvalue weighted by Gasteiger charge is 2.20. The van der Waals surface area contributed by atoms with Gasteiger partial charge in [-0.15, -0.1) is 10.2 Å².